The third-order valence-electron chi connectivity index (χ3n) is 14.3. The molecule has 0 saturated heterocycles. The van der Waals surface area contributed by atoms with E-state index in [0.29, 0.717) is 11.7 Å². The summed E-state index contributed by atoms with van der Waals surface area (Å²) in [6.45, 7) is 2.16. The number of benzene rings is 10. The molecular formula is C62H39N5O2. The maximum absolute atomic E-state index is 7.05. The predicted molar refractivity (Wildman–Crippen MR) is 284 cm³/mol. The third-order valence-corrected chi connectivity index (χ3v) is 14.3. The number of para-hydroxylation sites is 5. The van der Waals surface area contributed by atoms with Crippen LogP contribution in [0, 0.1) is 0 Å². The monoisotopic (exact) mass is 885 g/mol. The minimum Gasteiger partial charge on any atom is -0.456 e. The molecule has 0 fully saturated rings. The summed E-state index contributed by atoms with van der Waals surface area (Å²) in [7, 11) is 0. The first-order valence-corrected chi connectivity index (χ1v) is 23.4. The second-order valence-corrected chi connectivity index (χ2v) is 18.3. The fourth-order valence-electron chi connectivity index (χ4n) is 11.2. The number of aliphatic imine (C=N–C) groups is 2. The number of hydrogen-bond acceptors (Lipinski definition) is 5. The fraction of sp³-hybridized carbons (Fsp3) is 0.0323. The van der Waals surface area contributed by atoms with Crippen molar-refractivity contribution in [2.24, 2.45) is 9.98 Å². The van der Waals surface area contributed by atoms with Gasteiger partial charge < -0.3 is 23.3 Å². The number of fused-ring (bicyclic) bond motifs is 13. The van der Waals surface area contributed by atoms with Crippen molar-refractivity contribution in [2.75, 3.05) is 0 Å². The molecule has 0 spiro atoms. The second kappa shape index (κ2) is 14.2. The lowest BCUT2D eigenvalue weighted by Crippen LogP contribution is -2.46. The first kappa shape index (κ1) is 38.0. The number of hydrogen-bond donors (Lipinski definition) is 1. The van der Waals surface area contributed by atoms with Crippen LogP contribution >= 0.6 is 0 Å². The molecule has 0 radical (unpaired) electrons. The Kier molecular flexibility index (Phi) is 7.79. The Morgan fingerprint density at radius 3 is 1.84 bits per heavy atom. The minimum atomic E-state index is -1.03. The van der Waals surface area contributed by atoms with Crippen LogP contribution in [-0.2, 0) is 5.66 Å². The molecule has 1 N–H and O–H groups in total. The van der Waals surface area contributed by atoms with Gasteiger partial charge in [-0.1, -0.05) is 127 Å². The molecule has 1 aliphatic rings. The molecular weight excluding hydrogens is 847 g/mol. The highest BCUT2D eigenvalue weighted by atomic mass is 16.3. The Balaban J connectivity index is 0.970. The van der Waals surface area contributed by atoms with Crippen molar-refractivity contribution in [1.29, 1.82) is 0 Å². The summed E-state index contributed by atoms with van der Waals surface area (Å²) in [6, 6.07) is 75.0. The molecule has 324 valence electrons. The quantitative estimate of drug-likeness (QED) is 0.187. The average Bonchev–Trinajstić information content (AvgIpc) is 4.15. The second-order valence-electron chi connectivity index (χ2n) is 18.3. The minimum absolute atomic E-state index is 0.597. The molecule has 1 unspecified atom stereocenters. The highest BCUT2D eigenvalue weighted by molar-refractivity contribution is 6.20. The van der Waals surface area contributed by atoms with Crippen LogP contribution in [0.1, 0.15) is 23.6 Å². The van der Waals surface area contributed by atoms with E-state index in [0.717, 1.165) is 99.4 Å². The van der Waals surface area contributed by atoms with Gasteiger partial charge in [-0.15, -0.1) is 0 Å². The van der Waals surface area contributed by atoms with E-state index in [-0.39, 0.29) is 0 Å². The summed E-state index contributed by atoms with van der Waals surface area (Å²) in [4.78, 5) is 11.1. The third kappa shape index (κ3) is 5.55. The van der Waals surface area contributed by atoms with Gasteiger partial charge in [0.25, 0.3) is 0 Å². The zero-order valence-electron chi connectivity index (χ0n) is 37.3. The summed E-state index contributed by atoms with van der Waals surface area (Å²) in [5.74, 6) is 1.31. The normalized spacial score (nSPS) is 15.4. The SMILES string of the molecule is CC1(c2ccc(-n3c4ccccc4c4cc5ccccc5cc43)c3oc4ccccc4c23)N=C(c2ccc3c(c2)oc2ccccc23)N=C(c2ccc3c(c2)c2ccccc2n3-c2ccccc2)N1. The van der Waals surface area contributed by atoms with Gasteiger partial charge in [-0.05, 0) is 103 Å². The van der Waals surface area contributed by atoms with Gasteiger partial charge in [0.15, 0.2) is 17.1 Å². The van der Waals surface area contributed by atoms with E-state index in [9.17, 15) is 0 Å². The van der Waals surface area contributed by atoms with Crippen LogP contribution in [0.5, 0.6) is 0 Å². The number of amidine groups is 2. The van der Waals surface area contributed by atoms with Crippen LogP contribution in [0.25, 0.3) is 110 Å². The smallest absolute Gasteiger partial charge is 0.159 e. The maximum atomic E-state index is 7.05. The summed E-state index contributed by atoms with van der Waals surface area (Å²) >= 11 is 0. The van der Waals surface area contributed by atoms with E-state index in [1.54, 1.807) is 0 Å². The highest BCUT2D eigenvalue weighted by Gasteiger charge is 2.36. The average molecular weight is 886 g/mol. The Morgan fingerprint density at radius 2 is 1.04 bits per heavy atom. The molecule has 4 aromatic heterocycles. The molecule has 0 amide bonds. The van der Waals surface area contributed by atoms with E-state index in [4.69, 9.17) is 18.8 Å². The summed E-state index contributed by atoms with van der Waals surface area (Å²) in [6.07, 6.45) is 0. The topological polar surface area (TPSA) is 72.9 Å². The van der Waals surface area contributed by atoms with Gasteiger partial charge in [-0.25, -0.2) is 9.98 Å². The van der Waals surface area contributed by atoms with Crippen molar-refractivity contribution in [3.8, 4) is 11.4 Å². The number of nitrogens with zero attached hydrogens (tertiary/aromatic N) is 4. The van der Waals surface area contributed by atoms with Gasteiger partial charge in [0.05, 0.1) is 27.8 Å². The lowest BCUT2D eigenvalue weighted by atomic mass is 9.93. The van der Waals surface area contributed by atoms with E-state index >= 15 is 0 Å². The molecule has 0 aliphatic carbocycles. The van der Waals surface area contributed by atoms with Crippen LogP contribution in [-0.4, -0.2) is 20.8 Å². The number of aromatic nitrogens is 2. The largest absolute Gasteiger partial charge is 0.456 e. The first-order valence-electron chi connectivity index (χ1n) is 23.4. The molecule has 1 aliphatic heterocycles. The predicted octanol–water partition coefficient (Wildman–Crippen LogP) is 15.5. The van der Waals surface area contributed by atoms with Crippen molar-refractivity contribution in [3.05, 3.63) is 229 Å². The van der Waals surface area contributed by atoms with Gasteiger partial charge in [-0.3, -0.25) is 0 Å². The van der Waals surface area contributed by atoms with Crippen LogP contribution in [0.3, 0.4) is 0 Å². The van der Waals surface area contributed by atoms with Gasteiger partial charge in [0, 0.05) is 65.5 Å². The zero-order valence-corrected chi connectivity index (χ0v) is 37.3. The molecule has 14 aromatic rings. The van der Waals surface area contributed by atoms with Crippen molar-refractivity contribution in [2.45, 2.75) is 12.6 Å². The molecule has 1 atom stereocenters. The summed E-state index contributed by atoms with van der Waals surface area (Å²) < 4.78 is 18.2. The van der Waals surface area contributed by atoms with Crippen molar-refractivity contribution in [3.63, 3.8) is 0 Å². The summed E-state index contributed by atoms with van der Waals surface area (Å²) in [5.41, 5.74) is 11.5. The molecule has 0 bridgehead atoms. The Morgan fingerprint density at radius 1 is 0.435 bits per heavy atom. The molecule has 5 heterocycles. The standard InChI is InChI=1S/C62H39N5O2/c1-62(49-30-32-53(59-58(49)46-22-10-14-26-56(46)69-59)67-51-24-12-8-20-43(51)48-33-37-15-5-6-16-38(37)35-54(48)67)64-60(63-61(65-62)40-27-29-45-44-21-9-13-25-55(44)68-57(45)36-40)39-28-31-52-47(34-39)42-19-7-11-23-50(42)66(52)41-17-3-2-4-18-41/h2-36H,1H3,(H,63,64,65). The van der Waals surface area contributed by atoms with Crippen molar-refractivity contribution >= 4 is 110 Å². The summed E-state index contributed by atoms with van der Waals surface area (Å²) in [5, 5.41) is 15.1. The van der Waals surface area contributed by atoms with Crippen LogP contribution in [0.2, 0.25) is 0 Å². The molecule has 0 saturated carbocycles. The lowest BCUT2D eigenvalue weighted by Gasteiger charge is -2.33. The van der Waals surface area contributed by atoms with Crippen LogP contribution in [0.15, 0.2) is 231 Å². The van der Waals surface area contributed by atoms with E-state index in [1.807, 2.05) is 24.3 Å². The molecule has 69 heavy (non-hydrogen) atoms. The lowest BCUT2D eigenvalue weighted by molar-refractivity contribution is 0.459. The van der Waals surface area contributed by atoms with E-state index in [2.05, 4.69) is 209 Å². The molecule has 10 aromatic carbocycles. The molecule has 7 heteroatoms. The number of furan rings is 2. The van der Waals surface area contributed by atoms with Crippen LogP contribution < -0.4 is 5.32 Å². The Bertz CT molecular complexity index is 4550. The first-order chi connectivity index (χ1) is 34.0. The number of nitrogens with one attached hydrogen (secondary N) is 1. The number of rotatable bonds is 5. The van der Waals surface area contributed by atoms with Gasteiger partial charge in [-0.2, -0.15) is 0 Å². The van der Waals surface area contributed by atoms with E-state index in [1.165, 1.54) is 26.9 Å². The highest BCUT2D eigenvalue weighted by Crippen LogP contribution is 2.44. The Hall–Kier alpha value is -9.20. The van der Waals surface area contributed by atoms with Crippen molar-refractivity contribution < 1.29 is 8.83 Å². The molecule has 15 rings (SSSR count). The Labute approximate surface area is 394 Å². The fourth-order valence-corrected chi connectivity index (χ4v) is 11.2. The van der Waals surface area contributed by atoms with Gasteiger partial charge in [0.1, 0.15) is 22.6 Å². The van der Waals surface area contributed by atoms with Gasteiger partial charge in [0.2, 0.25) is 0 Å². The van der Waals surface area contributed by atoms with E-state index < -0.39 is 5.66 Å². The maximum Gasteiger partial charge on any atom is 0.159 e. The van der Waals surface area contributed by atoms with Crippen LogP contribution in [0.4, 0.5) is 0 Å². The zero-order chi connectivity index (χ0) is 45.4. The molecule has 7 nitrogen and oxygen atoms in total. The van der Waals surface area contributed by atoms with Gasteiger partial charge >= 0.3 is 0 Å². The van der Waals surface area contributed by atoms with Crippen molar-refractivity contribution in [1.82, 2.24) is 14.5 Å².